The number of rotatable bonds is 2. The van der Waals surface area contributed by atoms with E-state index in [1.165, 1.54) is 22.5 Å². The van der Waals surface area contributed by atoms with Crippen LogP contribution in [0.5, 0.6) is 0 Å². The zero-order valence-corrected chi connectivity index (χ0v) is 10.3. The van der Waals surface area contributed by atoms with E-state index in [0.29, 0.717) is 5.92 Å². The smallest absolute Gasteiger partial charge is 0.0994 e. The molecule has 1 aromatic carbocycles. The highest BCUT2D eigenvalue weighted by atomic mass is 15.1. The number of hydrogen-bond acceptors (Lipinski definition) is 2. The molecule has 2 aromatic rings. The number of aryl methyl sites for hydroxylation is 1. The summed E-state index contributed by atoms with van der Waals surface area (Å²) in [6.45, 7) is 6.46. The molecule has 3 nitrogen and oxygen atoms in total. The van der Waals surface area contributed by atoms with Crippen molar-refractivity contribution < 1.29 is 0 Å². The van der Waals surface area contributed by atoms with Gasteiger partial charge >= 0.3 is 0 Å². The van der Waals surface area contributed by atoms with E-state index in [0.717, 1.165) is 13.1 Å². The van der Waals surface area contributed by atoms with Crippen LogP contribution in [0.3, 0.4) is 0 Å². The van der Waals surface area contributed by atoms with Gasteiger partial charge in [-0.05, 0) is 31.0 Å². The second-order valence-electron chi connectivity index (χ2n) is 4.76. The highest BCUT2D eigenvalue weighted by Gasteiger charge is 2.23. The summed E-state index contributed by atoms with van der Waals surface area (Å²) < 4.78 is 2.23. The van der Waals surface area contributed by atoms with E-state index in [1.54, 1.807) is 0 Å². The van der Waals surface area contributed by atoms with Gasteiger partial charge in [-0.2, -0.15) is 0 Å². The molecule has 1 aliphatic heterocycles. The fourth-order valence-corrected chi connectivity index (χ4v) is 2.30. The molecule has 1 fully saturated rings. The maximum Gasteiger partial charge on any atom is 0.0994 e. The van der Waals surface area contributed by atoms with Gasteiger partial charge in [-0.25, -0.2) is 4.98 Å². The van der Waals surface area contributed by atoms with Crippen molar-refractivity contribution in [1.82, 2.24) is 14.9 Å². The van der Waals surface area contributed by atoms with Crippen molar-refractivity contribution in [2.45, 2.75) is 19.8 Å². The molecule has 1 aliphatic rings. The molecular weight excluding hydrogens is 210 g/mol. The molecule has 88 valence electrons. The van der Waals surface area contributed by atoms with Crippen LogP contribution >= 0.6 is 0 Å². The summed E-state index contributed by atoms with van der Waals surface area (Å²) >= 11 is 0. The van der Waals surface area contributed by atoms with E-state index < -0.39 is 0 Å². The van der Waals surface area contributed by atoms with Crippen LogP contribution in [0.15, 0.2) is 30.7 Å². The third-order valence-corrected chi connectivity index (χ3v) is 3.70. The topological polar surface area (TPSA) is 29.9 Å². The second-order valence-corrected chi connectivity index (χ2v) is 4.76. The van der Waals surface area contributed by atoms with Gasteiger partial charge in [0.1, 0.15) is 0 Å². The van der Waals surface area contributed by atoms with Crippen molar-refractivity contribution in [2.24, 2.45) is 0 Å². The fourth-order valence-electron chi connectivity index (χ4n) is 2.30. The van der Waals surface area contributed by atoms with Crippen molar-refractivity contribution >= 4 is 0 Å². The van der Waals surface area contributed by atoms with Crippen molar-refractivity contribution in [3.8, 4) is 5.69 Å². The number of nitrogens with zero attached hydrogens (tertiary/aromatic N) is 2. The monoisotopic (exact) mass is 227 g/mol. The molecule has 3 heteroatoms. The van der Waals surface area contributed by atoms with Gasteiger partial charge < -0.3 is 9.88 Å². The maximum atomic E-state index is 4.31. The summed E-state index contributed by atoms with van der Waals surface area (Å²) in [5.41, 5.74) is 5.23. The SMILES string of the molecule is Cc1cccc(-n2cncc2C2CNC2)c1C. The Morgan fingerprint density at radius 1 is 1.29 bits per heavy atom. The minimum Gasteiger partial charge on any atom is -0.315 e. The molecule has 0 radical (unpaired) electrons. The Morgan fingerprint density at radius 2 is 2.12 bits per heavy atom. The number of aromatic nitrogens is 2. The van der Waals surface area contributed by atoms with E-state index in [4.69, 9.17) is 0 Å². The van der Waals surface area contributed by atoms with Crippen LogP contribution in [0, 0.1) is 13.8 Å². The molecule has 1 aromatic heterocycles. The molecule has 1 N–H and O–H groups in total. The Labute approximate surface area is 101 Å². The molecule has 0 saturated carbocycles. The number of benzene rings is 1. The van der Waals surface area contributed by atoms with Crippen LogP contribution in [-0.2, 0) is 0 Å². The Morgan fingerprint density at radius 3 is 2.82 bits per heavy atom. The molecule has 0 bridgehead atoms. The van der Waals surface area contributed by atoms with Crippen molar-refractivity contribution in [2.75, 3.05) is 13.1 Å². The Balaban J connectivity index is 2.09. The zero-order chi connectivity index (χ0) is 11.8. The predicted octanol–water partition coefficient (Wildman–Crippen LogP) is 2.18. The third-order valence-electron chi connectivity index (χ3n) is 3.70. The van der Waals surface area contributed by atoms with Crippen molar-refractivity contribution in [3.05, 3.63) is 47.5 Å². The minimum absolute atomic E-state index is 0.609. The Hall–Kier alpha value is -1.61. The van der Waals surface area contributed by atoms with E-state index in [2.05, 4.69) is 46.9 Å². The standard InChI is InChI=1S/C14H17N3/c1-10-4-3-5-13(11(10)2)17-9-16-8-14(17)12-6-15-7-12/h3-5,8-9,12,15H,6-7H2,1-2H3. The summed E-state index contributed by atoms with van der Waals surface area (Å²) in [6, 6.07) is 6.43. The third kappa shape index (κ3) is 1.67. The van der Waals surface area contributed by atoms with Gasteiger partial charge in [0.05, 0.1) is 6.33 Å². The van der Waals surface area contributed by atoms with Gasteiger partial charge in [-0.3, -0.25) is 0 Å². The van der Waals surface area contributed by atoms with Gasteiger partial charge in [-0.1, -0.05) is 12.1 Å². The van der Waals surface area contributed by atoms with Gasteiger partial charge in [0, 0.05) is 36.6 Å². The fraction of sp³-hybridized carbons (Fsp3) is 0.357. The first-order valence-electron chi connectivity index (χ1n) is 6.07. The summed E-state index contributed by atoms with van der Waals surface area (Å²) in [6.07, 6.45) is 3.92. The van der Waals surface area contributed by atoms with Gasteiger partial charge in [0.15, 0.2) is 0 Å². The van der Waals surface area contributed by atoms with E-state index >= 15 is 0 Å². The first-order valence-corrected chi connectivity index (χ1v) is 6.07. The second kappa shape index (κ2) is 4.00. The minimum atomic E-state index is 0.609. The molecule has 0 aliphatic carbocycles. The number of nitrogens with one attached hydrogen (secondary N) is 1. The average molecular weight is 227 g/mol. The zero-order valence-electron chi connectivity index (χ0n) is 10.3. The first kappa shape index (κ1) is 10.5. The Kier molecular flexibility index (Phi) is 2.48. The molecule has 3 rings (SSSR count). The molecular formula is C14H17N3. The molecule has 0 unspecified atom stereocenters. The Bertz CT molecular complexity index is 538. The van der Waals surface area contributed by atoms with Crippen LogP contribution in [0.2, 0.25) is 0 Å². The van der Waals surface area contributed by atoms with Crippen molar-refractivity contribution in [1.29, 1.82) is 0 Å². The lowest BCUT2D eigenvalue weighted by atomic mass is 9.99. The van der Waals surface area contributed by atoms with Crippen LogP contribution in [0.4, 0.5) is 0 Å². The summed E-state index contributed by atoms with van der Waals surface area (Å²) in [4.78, 5) is 4.31. The first-order chi connectivity index (χ1) is 8.27. The quantitative estimate of drug-likeness (QED) is 0.852. The van der Waals surface area contributed by atoms with Gasteiger partial charge in [-0.15, -0.1) is 0 Å². The van der Waals surface area contributed by atoms with Crippen LogP contribution in [0.25, 0.3) is 5.69 Å². The summed E-state index contributed by atoms with van der Waals surface area (Å²) in [5.74, 6) is 0.609. The summed E-state index contributed by atoms with van der Waals surface area (Å²) in [7, 11) is 0. The van der Waals surface area contributed by atoms with E-state index in [-0.39, 0.29) is 0 Å². The summed E-state index contributed by atoms with van der Waals surface area (Å²) in [5, 5.41) is 3.31. The molecule has 17 heavy (non-hydrogen) atoms. The number of hydrogen-bond donors (Lipinski definition) is 1. The lowest BCUT2D eigenvalue weighted by Crippen LogP contribution is -2.40. The molecule has 0 spiro atoms. The molecule has 1 saturated heterocycles. The average Bonchev–Trinajstić information content (AvgIpc) is 2.68. The maximum absolute atomic E-state index is 4.31. The molecule has 0 atom stereocenters. The molecule has 0 amide bonds. The van der Waals surface area contributed by atoms with E-state index in [1.807, 2.05) is 12.5 Å². The largest absolute Gasteiger partial charge is 0.315 e. The lowest BCUT2D eigenvalue weighted by molar-refractivity contribution is 0.435. The molecule has 2 heterocycles. The van der Waals surface area contributed by atoms with Gasteiger partial charge in [0.2, 0.25) is 0 Å². The lowest BCUT2D eigenvalue weighted by Gasteiger charge is -2.28. The number of imidazole rings is 1. The van der Waals surface area contributed by atoms with Crippen LogP contribution in [0.1, 0.15) is 22.7 Å². The predicted molar refractivity (Wildman–Crippen MR) is 68.6 cm³/mol. The highest BCUT2D eigenvalue weighted by Crippen LogP contribution is 2.25. The van der Waals surface area contributed by atoms with Crippen LogP contribution < -0.4 is 5.32 Å². The highest BCUT2D eigenvalue weighted by molar-refractivity contribution is 5.46. The normalized spacial score (nSPS) is 15.9. The van der Waals surface area contributed by atoms with Crippen LogP contribution in [-0.4, -0.2) is 22.6 Å². The van der Waals surface area contributed by atoms with Gasteiger partial charge in [0.25, 0.3) is 0 Å². The van der Waals surface area contributed by atoms with E-state index in [9.17, 15) is 0 Å². The van der Waals surface area contributed by atoms with Crippen molar-refractivity contribution in [3.63, 3.8) is 0 Å².